The van der Waals surface area contributed by atoms with E-state index in [0.29, 0.717) is 24.4 Å². The monoisotopic (exact) mass is 261 g/mol. The molecule has 1 unspecified atom stereocenters. The maximum Gasteiger partial charge on any atom is 0.410 e. The molecule has 1 N–H and O–H groups in total. The second-order valence-corrected chi connectivity index (χ2v) is 5.59. The average molecular weight is 261 g/mol. The second kappa shape index (κ2) is 4.85. The Morgan fingerprint density at radius 3 is 2.58 bits per heavy atom. The summed E-state index contributed by atoms with van der Waals surface area (Å²) in [5.41, 5.74) is 1.00. The van der Waals surface area contributed by atoms with Crippen LogP contribution in [-0.4, -0.2) is 35.3 Å². The van der Waals surface area contributed by atoms with Gasteiger partial charge in [-0.3, -0.25) is 0 Å². The molecule has 1 saturated carbocycles. The first-order chi connectivity index (χ1) is 9.16. The van der Waals surface area contributed by atoms with Crippen LogP contribution in [-0.2, 0) is 11.3 Å². The summed E-state index contributed by atoms with van der Waals surface area (Å²) in [5.74, 6) is 1.34. The highest BCUT2D eigenvalue weighted by atomic mass is 16.6. The van der Waals surface area contributed by atoms with Gasteiger partial charge in [0, 0.05) is 13.1 Å². The van der Waals surface area contributed by atoms with Crippen molar-refractivity contribution in [1.82, 2.24) is 4.90 Å². The number of ether oxygens (including phenoxy) is 1. The zero-order chi connectivity index (χ0) is 13.4. The first-order valence-corrected chi connectivity index (χ1v) is 6.80. The van der Waals surface area contributed by atoms with Gasteiger partial charge >= 0.3 is 6.09 Å². The lowest BCUT2D eigenvalue weighted by Gasteiger charge is -2.20. The van der Waals surface area contributed by atoms with Gasteiger partial charge in [0.05, 0.1) is 6.10 Å². The molecule has 1 aliphatic carbocycles. The van der Waals surface area contributed by atoms with Crippen LogP contribution in [0.2, 0.25) is 0 Å². The molecular weight excluding hydrogens is 242 g/mol. The molecule has 0 radical (unpaired) electrons. The lowest BCUT2D eigenvalue weighted by Crippen LogP contribution is -2.33. The Bertz CT molecular complexity index is 448. The number of carbonyl (C=O) groups is 1. The minimum absolute atomic E-state index is 0.236. The molecule has 1 saturated heterocycles. The smallest absolute Gasteiger partial charge is 0.410 e. The summed E-state index contributed by atoms with van der Waals surface area (Å²) >= 11 is 0. The summed E-state index contributed by atoms with van der Waals surface area (Å²) in [6.45, 7) is 3.62. The molecule has 0 bridgehead atoms. The maximum atomic E-state index is 11.9. The molecule has 1 aromatic carbocycles. The molecule has 0 aromatic heterocycles. The van der Waals surface area contributed by atoms with Crippen molar-refractivity contribution in [2.24, 2.45) is 17.8 Å². The summed E-state index contributed by atoms with van der Waals surface area (Å²) < 4.78 is 5.30. The Labute approximate surface area is 113 Å². The highest BCUT2D eigenvalue weighted by Gasteiger charge is 2.58. The number of aliphatic hydroxyl groups is 1. The summed E-state index contributed by atoms with van der Waals surface area (Å²) in [7, 11) is 0. The van der Waals surface area contributed by atoms with Crippen molar-refractivity contribution in [3.8, 4) is 0 Å². The molecule has 4 heteroatoms. The fourth-order valence-electron chi connectivity index (χ4n) is 3.25. The van der Waals surface area contributed by atoms with Gasteiger partial charge in [-0.25, -0.2) is 4.79 Å². The van der Waals surface area contributed by atoms with E-state index in [-0.39, 0.29) is 12.2 Å². The minimum atomic E-state index is -0.252. The highest BCUT2D eigenvalue weighted by molar-refractivity contribution is 5.68. The fraction of sp³-hybridized carbons (Fsp3) is 0.533. The lowest BCUT2D eigenvalue weighted by atomic mass is 10.2. The van der Waals surface area contributed by atoms with Crippen molar-refractivity contribution in [1.29, 1.82) is 0 Å². The summed E-state index contributed by atoms with van der Waals surface area (Å²) in [6, 6.07) is 9.69. The molecule has 2 fully saturated rings. The largest absolute Gasteiger partial charge is 0.445 e. The SMILES string of the molecule is CC(O)[C@H]1[C@@H]2CN(C(=O)OCc3ccccc3)C[C@@H]21. The van der Waals surface area contributed by atoms with Gasteiger partial charge in [-0.05, 0) is 30.2 Å². The number of nitrogens with zero attached hydrogens (tertiary/aromatic N) is 1. The minimum Gasteiger partial charge on any atom is -0.445 e. The van der Waals surface area contributed by atoms with Crippen LogP contribution in [0.1, 0.15) is 12.5 Å². The molecule has 0 spiro atoms. The maximum absolute atomic E-state index is 11.9. The van der Waals surface area contributed by atoms with E-state index in [1.165, 1.54) is 0 Å². The first kappa shape index (κ1) is 12.5. The third-order valence-electron chi connectivity index (χ3n) is 4.28. The molecule has 1 aromatic rings. The van der Waals surface area contributed by atoms with Crippen LogP contribution < -0.4 is 0 Å². The Balaban J connectivity index is 1.46. The molecular formula is C15H19NO3. The van der Waals surface area contributed by atoms with E-state index in [2.05, 4.69) is 0 Å². The molecule has 4 nitrogen and oxygen atoms in total. The van der Waals surface area contributed by atoms with Crippen molar-refractivity contribution in [3.63, 3.8) is 0 Å². The lowest BCUT2D eigenvalue weighted by molar-refractivity contribution is 0.0906. The van der Waals surface area contributed by atoms with Crippen LogP contribution >= 0.6 is 0 Å². The van der Waals surface area contributed by atoms with E-state index in [1.807, 2.05) is 37.3 Å². The van der Waals surface area contributed by atoms with Gasteiger partial charge in [-0.1, -0.05) is 30.3 Å². The van der Waals surface area contributed by atoms with E-state index in [9.17, 15) is 9.90 Å². The molecule has 1 heterocycles. The van der Waals surface area contributed by atoms with Crippen LogP contribution in [0.15, 0.2) is 30.3 Å². The third kappa shape index (κ3) is 2.45. The standard InChI is InChI=1S/C15H19NO3/c1-10(17)14-12-7-16(8-13(12)14)15(18)19-9-11-5-3-2-4-6-11/h2-6,10,12-14,17H,7-9H2,1H3/t10?,12-,13+,14+. The number of likely N-dealkylation sites (tertiary alicyclic amines) is 1. The molecule has 4 atom stereocenters. The molecule has 3 rings (SSSR count). The number of hydrogen-bond acceptors (Lipinski definition) is 3. The predicted molar refractivity (Wildman–Crippen MR) is 70.4 cm³/mol. The van der Waals surface area contributed by atoms with Gasteiger partial charge in [0.15, 0.2) is 0 Å². The summed E-state index contributed by atoms with van der Waals surface area (Å²) in [5, 5.41) is 9.54. The van der Waals surface area contributed by atoms with Gasteiger partial charge in [-0.2, -0.15) is 0 Å². The van der Waals surface area contributed by atoms with Gasteiger partial charge in [0.1, 0.15) is 6.61 Å². The number of benzene rings is 1. The van der Waals surface area contributed by atoms with Crippen LogP contribution in [0.4, 0.5) is 4.79 Å². The van der Waals surface area contributed by atoms with Crippen LogP contribution in [0.5, 0.6) is 0 Å². The molecule has 1 amide bonds. The number of hydrogen-bond donors (Lipinski definition) is 1. The van der Waals surface area contributed by atoms with Crippen molar-refractivity contribution < 1.29 is 14.6 Å². The van der Waals surface area contributed by atoms with Crippen LogP contribution in [0.25, 0.3) is 0 Å². The Hall–Kier alpha value is -1.55. The van der Waals surface area contributed by atoms with Crippen LogP contribution in [0, 0.1) is 17.8 Å². The zero-order valence-electron chi connectivity index (χ0n) is 11.0. The average Bonchev–Trinajstić information content (AvgIpc) is 2.93. The van der Waals surface area contributed by atoms with Crippen molar-refractivity contribution in [2.45, 2.75) is 19.6 Å². The molecule has 19 heavy (non-hydrogen) atoms. The third-order valence-corrected chi connectivity index (χ3v) is 4.28. The fourth-order valence-corrected chi connectivity index (χ4v) is 3.25. The molecule has 1 aliphatic heterocycles. The van der Waals surface area contributed by atoms with E-state index in [0.717, 1.165) is 18.7 Å². The molecule has 2 aliphatic rings. The molecule has 102 valence electrons. The van der Waals surface area contributed by atoms with Crippen molar-refractivity contribution in [3.05, 3.63) is 35.9 Å². The van der Waals surface area contributed by atoms with Gasteiger partial charge in [-0.15, -0.1) is 0 Å². The van der Waals surface area contributed by atoms with E-state index in [1.54, 1.807) is 4.90 Å². The topological polar surface area (TPSA) is 49.8 Å². The van der Waals surface area contributed by atoms with Crippen molar-refractivity contribution >= 4 is 6.09 Å². The summed E-state index contributed by atoms with van der Waals surface area (Å²) in [4.78, 5) is 13.7. The van der Waals surface area contributed by atoms with E-state index < -0.39 is 0 Å². The number of amides is 1. The van der Waals surface area contributed by atoms with Crippen LogP contribution in [0.3, 0.4) is 0 Å². The van der Waals surface area contributed by atoms with Gasteiger partial charge < -0.3 is 14.7 Å². The number of piperidine rings is 1. The van der Waals surface area contributed by atoms with Gasteiger partial charge in [0.25, 0.3) is 0 Å². The normalized spacial score (nSPS) is 29.8. The van der Waals surface area contributed by atoms with Crippen molar-refractivity contribution in [2.75, 3.05) is 13.1 Å². The quantitative estimate of drug-likeness (QED) is 0.904. The predicted octanol–water partition coefficient (Wildman–Crippen LogP) is 1.88. The number of aliphatic hydroxyl groups excluding tert-OH is 1. The van der Waals surface area contributed by atoms with E-state index >= 15 is 0 Å². The van der Waals surface area contributed by atoms with Gasteiger partial charge in [0.2, 0.25) is 0 Å². The number of fused-ring (bicyclic) bond motifs is 1. The van der Waals surface area contributed by atoms with E-state index in [4.69, 9.17) is 4.74 Å². The summed E-state index contributed by atoms with van der Waals surface area (Å²) in [6.07, 6.45) is -0.488. The Morgan fingerprint density at radius 1 is 1.37 bits per heavy atom. The first-order valence-electron chi connectivity index (χ1n) is 6.80. The number of rotatable bonds is 3. The Morgan fingerprint density at radius 2 is 2.00 bits per heavy atom. The number of carbonyl (C=O) groups excluding carboxylic acids is 1. The zero-order valence-corrected chi connectivity index (χ0v) is 11.0. The second-order valence-electron chi connectivity index (χ2n) is 5.59. The Kier molecular flexibility index (Phi) is 3.19. The highest BCUT2D eigenvalue weighted by Crippen LogP contribution is 2.53.